The predicted molar refractivity (Wildman–Crippen MR) is 198 cm³/mol. The molecule has 0 unspecified atom stereocenters. The van der Waals surface area contributed by atoms with E-state index in [0.717, 1.165) is 80.5 Å². The standard InChI is InChI=1S/C36H42N6O7S2/c1-39-14-16-42(17-15-39)33-13-6-27(25-37-33)34-32(51(45,46)40(2)29-9-4-26(5-10-29)36(44)47-3)24-31(50-34)35(43)38-28-7-11-30(12-8-28)49-23-20-41-18-21-48-22-19-41/h4-13,24-25H,14-23H2,1-3H3,(H,38,43). The van der Waals surface area contributed by atoms with Crippen LogP contribution in [0.15, 0.2) is 77.8 Å². The van der Waals surface area contributed by atoms with Gasteiger partial charge in [-0.1, -0.05) is 0 Å². The summed E-state index contributed by atoms with van der Waals surface area (Å²) in [6.07, 6.45) is 1.66. The number of hydrogen-bond acceptors (Lipinski definition) is 12. The molecule has 1 N–H and O–H groups in total. The Morgan fingerprint density at radius 2 is 1.67 bits per heavy atom. The Hall–Kier alpha value is -4.54. The van der Waals surface area contributed by atoms with Gasteiger partial charge in [0.15, 0.2) is 0 Å². The zero-order valence-corrected chi connectivity index (χ0v) is 30.5. The molecule has 2 fully saturated rings. The number of piperazine rings is 1. The van der Waals surface area contributed by atoms with E-state index in [9.17, 15) is 18.0 Å². The molecule has 2 saturated heterocycles. The van der Waals surface area contributed by atoms with Crippen molar-refractivity contribution in [1.82, 2.24) is 14.8 Å². The van der Waals surface area contributed by atoms with E-state index in [1.54, 1.807) is 30.5 Å². The molecule has 4 aromatic rings. The lowest BCUT2D eigenvalue weighted by Gasteiger charge is -2.33. The maximum Gasteiger partial charge on any atom is 0.337 e. The number of ether oxygens (including phenoxy) is 3. The summed E-state index contributed by atoms with van der Waals surface area (Å²) in [6.45, 7) is 8.11. The first-order valence-corrected chi connectivity index (χ1v) is 18.9. The van der Waals surface area contributed by atoms with Crippen LogP contribution in [0, 0.1) is 0 Å². The number of sulfonamides is 1. The second kappa shape index (κ2) is 16.2. The van der Waals surface area contributed by atoms with Crippen molar-refractivity contribution in [3.05, 3.63) is 83.4 Å². The number of nitrogens with one attached hydrogen (secondary N) is 1. The van der Waals surface area contributed by atoms with E-state index >= 15 is 0 Å². The first kappa shape index (κ1) is 36.3. The van der Waals surface area contributed by atoms with Crippen LogP contribution >= 0.6 is 11.3 Å². The highest BCUT2D eigenvalue weighted by atomic mass is 32.2. The number of aromatic nitrogens is 1. The highest BCUT2D eigenvalue weighted by molar-refractivity contribution is 7.93. The first-order chi connectivity index (χ1) is 24.6. The van der Waals surface area contributed by atoms with Crippen molar-refractivity contribution in [1.29, 1.82) is 0 Å². The molecule has 2 aromatic carbocycles. The fourth-order valence-corrected chi connectivity index (χ4v) is 8.55. The second-order valence-electron chi connectivity index (χ2n) is 12.3. The number of benzene rings is 2. The van der Waals surface area contributed by atoms with Crippen LogP contribution in [0.3, 0.4) is 0 Å². The third-order valence-electron chi connectivity index (χ3n) is 8.94. The quantitative estimate of drug-likeness (QED) is 0.211. The van der Waals surface area contributed by atoms with Crippen LogP contribution in [-0.4, -0.2) is 122 Å². The van der Waals surface area contributed by atoms with Gasteiger partial charge in [0.05, 0.1) is 41.3 Å². The smallest absolute Gasteiger partial charge is 0.337 e. The summed E-state index contributed by atoms with van der Waals surface area (Å²) in [5.74, 6) is 0.516. The average Bonchev–Trinajstić information content (AvgIpc) is 3.63. The van der Waals surface area contributed by atoms with Crippen molar-refractivity contribution >= 4 is 50.4 Å². The summed E-state index contributed by atoms with van der Waals surface area (Å²) in [4.78, 5) is 37.6. The number of methoxy groups -OCH3 is 1. The van der Waals surface area contributed by atoms with Gasteiger partial charge in [-0.15, -0.1) is 11.3 Å². The number of anilines is 3. The Morgan fingerprint density at radius 1 is 0.961 bits per heavy atom. The molecule has 0 aliphatic carbocycles. The summed E-state index contributed by atoms with van der Waals surface area (Å²) >= 11 is 1.08. The van der Waals surface area contributed by atoms with Gasteiger partial charge in [0.1, 0.15) is 23.1 Å². The molecule has 51 heavy (non-hydrogen) atoms. The molecule has 1 amide bonds. The SMILES string of the molecule is COC(=O)c1ccc(N(C)S(=O)(=O)c2cc(C(=O)Nc3ccc(OCCN4CCOCC4)cc3)sc2-c2ccc(N3CCN(C)CC3)nc2)cc1. The number of pyridine rings is 1. The van der Waals surface area contributed by atoms with Gasteiger partial charge < -0.3 is 29.3 Å². The number of thiophene rings is 1. The van der Waals surface area contributed by atoms with Crippen molar-refractivity contribution in [3.8, 4) is 16.2 Å². The number of hydrogen-bond donors (Lipinski definition) is 1. The van der Waals surface area contributed by atoms with Gasteiger partial charge in [0.2, 0.25) is 0 Å². The van der Waals surface area contributed by atoms with Crippen LogP contribution in [0.4, 0.5) is 17.2 Å². The van der Waals surface area contributed by atoms with Crippen LogP contribution in [0.5, 0.6) is 5.75 Å². The Kier molecular flexibility index (Phi) is 11.5. The van der Waals surface area contributed by atoms with Gasteiger partial charge >= 0.3 is 5.97 Å². The summed E-state index contributed by atoms with van der Waals surface area (Å²) in [7, 11) is 0.624. The molecule has 2 aliphatic rings. The molecule has 6 rings (SSSR count). The van der Waals surface area contributed by atoms with Gasteiger partial charge in [0, 0.05) is 70.3 Å². The summed E-state index contributed by atoms with van der Waals surface area (Å²) < 4.78 is 45.6. The first-order valence-electron chi connectivity index (χ1n) is 16.7. The van der Waals surface area contributed by atoms with Gasteiger partial charge in [-0.3, -0.25) is 14.0 Å². The largest absolute Gasteiger partial charge is 0.492 e. The molecule has 4 heterocycles. The number of morpholine rings is 1. The third-order valence-corrected chi connectivity index (χ3v) is 12.1. The molecule has 0 radical (unpaired) electrons. The van der Waals surface area contributed by atoms with Gasteiger partial charge in [-0.2, -0.15) is 0 Å². The Labute approximate surface area is 302 Å². The predicted octanol–water partition coefficient (Wildman–Crippen LogP) is 4.14. The molecule has 2 aliphatic heterocycles. The molecular weight excluding hydrogens is 693 g/mol. The normalized spacial score (nSPS) is 15.7. The topological polar surface area (TPSA) is 134 Å². The van der Waals surface area contributed by atoms with Crippen molar-refractivity contribution in [3.63, 3.8) is 0 Å². The molecule has 270 valence electrons. The molecular formula is C36H42N6O7S2. The lowest BCUT2D eigenvalue weighted by Crippen LogP contribution is -2.44. The van der Waals surface area contributed by atoms with Gasteiger partial charge in [-0.25, -0.2) is 18.2 Å². The van der Waals surface area contributed by atoms with E-state index in [1.807, 2.05) is 12.1 Å². The maximum atomic E-state index is 14.2. The molecule has 0 atom stereocenters. The maximum absolute atomic E-state index is 14.2. The number of carbonyl (C=O) groups excluding carboxylic acids is 2. The highest BCUT2D eigenvalue weighted by Crippen LogP contribution is 2.39. The number of esters is 1. The monoisotopic (exact) mass is 734 g/mol. The minimum Gasteiger partial charge on any atom is -0.492 e. The molecule has 13 nitrogen and oxygen atoms in total. The van der Waals surface area contributed by atoms with Crippen molar-refractivity contribution in [2.75, 3.05) is 101 Å². The van der Waals surface area contributed by atoms with Crippen LogP contribution in [0.1, 0.15) is 20.0 Å². The fraction of sp³-hybridized carbons (Fsp3) is 0.361. The number of rotatable bonds is 12. The van der Waals surface area contributed by atoms with Crippen LogP contribution in [-0.2, 0) is 19.5 Å². The fourth-order valence-electron chi connectivity index (χ4n) is 5.78. The van der Waals surface area contributed by atoms with Crippen LogP contribution in [0.25, 0.3) is 10.4 Å². The van der Waals surface area contributed by atoms with E-state index in [1.165, 1.54) is 44.5 Å². The lowest BCUT2D eigenvalue weighted by molar-refractivity contribution is 0.0322. The second-order valence-corrected chi connectivity index (χ2v) is 15.3. The third kappa shape index (κ3) is 8.68. The Morgan fingerprint density at radius 3 is 2.31 bits per heavy atom. The highest BCUT2D eigenvalue weighted by Gasteiger charge is 2.30. The number of carbonyl (C=O) groups is 2. The van der Waals surface area contributed by atoms with E-state index in [-0.39, 0.29) is 9.77 Å². The van der Waals surface area contributed by atoms with Gasteiger partial charge in [0.25, 0.3) is 15.9 Å². The number of amides is 1. The lowest BCUT2D eigenvalue weighted by atomic mass is 10.2. The average molecular weight is 735 g/mol. The molecule has 15 heteroatoms. The minimum atomic E-state index is -4.18. The Balaban J connectivity index is 1.23. The Bertz CT molecular complexity index is 1900. The molecule has 0 spiro atoms. The summed E-state index contributed by atoms with van der Waals surface area (Å²) in [5.41, 5.74) is 1.74. The molecule has 0 bridgehead atoms. The van der Waals surface area contributed by atoms with Gasteiger partial charge in [-0.05, 0) is 73.8 Å². The summed E-state index contributed by atoms with van der Waals surface area (Å²) in [5, 5.41) is 2.89. The number of nitrogens with zero attached hydrogens (tertiary/aromatic N) is 5. The van der Waals surface area contributed by atoms with E-state index in [4.69, 9.17) is 14.2 Å². The molecule has 0 saturated carbocycles. The zero-order valence-electron chi connectivity index (χ0n) is 28.9. The number of likely N-dealkylation sites (N-methyl/N-ethyl adjacent to an activating group) is 1. The van der Waals surface area contributed by atoms with E-state index < -0.39 is 21.9 Å². The van der Waals surface area contributed by atoms with Crippen molar-refractivity contribution < 1.29 is 32.2 Å². The minimum absolute atomic E-state index is 0.0321. The summed E-state index contributed by atoms with van der Waals surface area (Å²) in [6, 6.07) is 18.3. The zero-order chi connectivity index (χ0) is 36.0. The van der Waals surface area contributed by atoms with Crippen LogP contribution < -0.4 is 19.3 Å². The van der Waals surface area contributed by atoms with Crippen LogP contribution in [0.2, 0.25) is 0 Å². The van der Waals surface area contributed by atoms with E-state index in [0.29, 0.717) is 39.7 Å². The van der Waals surface area contributed by atoms with Crippen molar-refractivity contribution in [2.24, 2.45) is 0 Å². The van der Waals surface area contributed by atoms with E-state index in [2.05, 4.69) is 32.0 Å². The molecule has 2 aromatic heterocycles. The van der Waals surface area contributed by atoms with Crippen molar-refractivity contribution in [2.45, 2.75) is 4.90 Å².